The molecule has 0 atom stereocenters. The van der Waals surface area contributed by atoms with E-state index in [-0.39, 0.29) is 23.9 Å². The molecule has 5 nitrogen and oxygen atoms in total. The third-order valence-electron chi connectivity index (χ3n) is 4.73. The van der Waals surface area contributed by atoms with E-state index in [0.717, 1.165) is 31.7 Å². The average molecular weight is 369 g/mol. The zero-order chi connectivity index (χ0) is 19.2. The van der Waals surface area contributed by atoms with Crippen LogP contribution in [0.25, 0.3) is 0 Å². The molecule has 142 valence electrons. The van der Waals surface area contributed by atoms with Crippen LogP contribution in [0.1, 0.15) is 15.9 Å². The van der Waals surface area contributed by atoms with Gasteiger partial charge in [0.05, 0.1) is 13.0 Å². The molecule has 0 aromatic heterocycles. The van der Waals surface area contributed by atoms with Crippen molar-refractivity contribution in [2.24, 2.45) is 0 Å². The van der Waals surface area contributed by atoms with Crippen LogP contribution in [0.2, 0.25) is 0 Å². The van der Waals surface area contributed by atoms with Crippen LogP contribution >= 0.6 is 0 Å². The molecule has 0 saturated carbocycles. The van der Waals surface area contributed by atoms with Gasteiger partial charge in [-0.15, -0.1) is 0 Å². The summed E-state index contributed by atoms with van der Waals surface area (Å²) in [5.74, 6) is -0.419. The Kier molecular flexibility index (Phi) is 6.32. The van der Waals surface area contributed by atoms with Crippen molar-refractivity contribution in [1.29, 1.82) is 0 Å². The van der Waals surface area contributed by atoms with E-state index in [0.29, 0.717) is 17.8 Å². The first-order chi connectivity index (χ1) is 13.0. The summed E-state index contributed by atoms with van der Waals surface area (Å²) in [5.41, 5.74) is 2.02. The van der Waals surface area contributed by atoms with Crippen molar-refractivity contribution in [2.75, 3.05) is 45.1 Å². The molecule has 0 aliphatic carbocycles. The van der Waals surface area contributed by atoms with Crippen molar-refractivity contribution >= 4 is 17.4 Å². The number of carbonyl (C=O) groups is 2. The molecule has 2 aromatic carbocycles. The van der Waals surface area contributed by atoms with Crippen LogP contribution in [0.4, 0.5) is 10.1 Å². The Hall–Kier alpha value is -2.57. The lowest BCUT2D eigenvalue weighted by Gasteiger charge is -2.31. The van der Waals surface area contributed by atoms with Gasteiger partial charge in [-0.05, 0) is 49.0 Å². The van der Waals surface area contributed by atoms with Gasteiger partial charge in [0.2, 0.25) is 5.91 Å². The lowest BCUT2D eigenvalue weighted by Crippen LogP contribution is -2.46. The highest BCUT2D eigenvalue weighted by Gasteiger charge is 2.17. The van der Waals surface area contributed by atoms with Gasteiger partial charge >= 0.3 is 0 Å². The Morgan fingerprint density at radius 1 is 0.963 bits per heavy atom. The molecule has 0 bridgehead atoms. The molecule has 27 heavy (non-hydrogen) atoms. The second-order valence-electron chi connectivity index (χ2n) is 6.93. The van der Waals surface area contributed by atoms with Crippen molar-refractivity contribution in [3.8, 4) is 0 Å². The van der Waals surface area contributed by atoms with Gasteiger partial charge in [-0.3, -0.25) is 14.5 Å². The van der Waals surface area contributed by atoms with Gasteiger partial charge in [-0.25, -0.2) is 4.39 Å². The van der Waals surface area contributed by atoms with E-state index in [1.807, 2.05) is 0 Å². The maximum absolute atomic E-state index is 12.9. The van der Waals surface area contributed by atoms with E-state index in [1.54, 1.807) is 36.4 Å². The standard InChI is InChI=1S/C21H24FN3O2/c1-24-10-12-25(13-11-24)15-20(26)17-4-8-19(9-5-17)23-21(27)14-16-2-6-18(22)7-3-16/h2-9H,10-15H2,1H3,(H,23,27). The van der Waals surface area contributed by atoms with Crippen LogP contribution in [-0.2, 0) is 11.2 Å². The van der Waals surface area contributed by atoms with E-state index >= 15 is 0 Å². The molecule has 3 rings (SSSR count). The summed E-state index contributed by atoms with van der Waals surface area (Å²) in [6, 6.07) is 12.8. The lowest BCUT2D eigenvalue weighted by molar-refractivity contribution is -0.115. The van der Waals surface area contributed by atoms with Crippen molar-refractivity contribution in [2.45, 2.75) is 6.42 Å². The van der Waals surface area contributed by atoms with E-state index in [2.05, 4.69) is 22.2 Å². The fourth-order valence-corrected chi connectivity index (χ4v) is 3.03. The highest BCUT2D eigenvalue weighted by molar-refractivity contribution is 5.98. The molecule has 1 fully saturated rings. The molecule has 1 saturated heterocycles. The smallest absolute Gasteiger partial charge is 0.228 e. The molecule has 0 radical (unpaired) electrons. The molecule has 1 heterocycles. The quantitative estimate of drug-likeness (QED) is 0.795. The van der Waals surface area contributed by atoms with Crippen molar-refractivity contribution in [3.63, 3.8) is 0 Å². The predicted molar refractivity (Wildman–Crippen MR) is 103 cm³/mol. The van der Waals surface area contributed by atoms with Crippen molar-refractivity contribution in [3.05, 3.63) is 65.5 Å². The second kappa shape index (κ2) is 8.88. The third-order valence-corrected chi connectivity index (χ3v) is 4.73. The fourth-order valence-electron chi connectivity index (χ4n) is 3.03. The van der Waals surface area contributed by atoms with E-state index in [9.17, 15) is 14.0 Å². The van der Waals surface area contributed by atoms with Crippen LogP contribution in [0.3, 0.4) is 0 Å². The number of benzene rings is 2. The largest absolute Gasteiger partial charge is 0.326 e. The fraction of sp³-hybridized carbons (Fsp3) is 0.333. The molecule has 2 aromatic rings. The molecular formula is C21H24FN3O2. The highest BCUT2D eigenvalue weighted by Crippen LogP contribution is 2.12. The number of anilines is 1. The SMILES string of the molecule is CN1CCN(CC(=O)c2ccc(NC(=O)Cc3ccc(F)cc3)cc2)CC1. The molecule has 0 unspecified atom stereocenters. The number of carbonyl (C=O) groups excluding carboxylic acids is 2. The number of nitrogens with zero attached hydrogens (tertiary/aromatic N) is 2. The summed E-state index contributed by atoms with van der Waals surface area (Å²) >= 11 is 0. The molecular weight excluding hydrogens is 345 g/mol. The number of hydrogen-bond acceptors (Lipinski definition) is 4. The number of amides is 1. The van der Waals surface area contributed by atoms with Crippen LogP contribution in [0.15, 0.2) is 48.5 Å². The Bertz CT molecular complexity index is 782. The number of nitrogens with one attached hydrogen (secondary N) is 1. The second-order valence-corrected chi connectivity index (χ2v) is 6.93. The Morgan fingerprint density at radius 2 is 1.59 bits per heavy atom. The first-order valence-corrected chi connectivity index (χ1v) is 9.08. The van der Waals surface area contributed by atoms with Gasteiger partial charge in [-0.2, -0.15) is 0 Å². The molecule has 1 amide bonds. The van der Waals surface area contributed by atoms with Crippen LogP contribution < -0.4 is 5.32 Å². The van der Waals surface area contributed by atoms with Gasteiger partial charge in [0.25, 0.3) is 0 Å². The molecule has 1 aliphatic heterocycles. The Morgan fingerprint density at radius 3 is 2.22 bits per heavy atom. The molecule has 6 heteroatoms. The summed E-state index contributed by atoms with van der Waals surface area (Å²) in [5, 5.41) is 2.80. The lowest BCUT2D eigenvalue weighted by atomic mass is 10.1. The Labute approximate surface area is 158 Å². The normalized spacial score (nSPS) is 15.5. The molecule has 0 spiro atoms. The number of rotatable bonds is 6. The maximum Gasteiger partial charge on any atom is 0.228 e. The third kappa shape index (κ3) is 5.70. The van der Waals surface area contributed by atoms with Gasteiger partial charge in [0.1, 0.15) is 5.82 Å². The minimum Gasteiger partial charge on any atom is -0.326 e. The molecule has 1 aliphatic rings. The summed E-state index contributed by atoms with van der Waals surface area (Å²) in [6.07, 6.45) is 0.171. The van der Waals surface area contributed by atoms with Crippen LogP contribution in [-0.4, -0.2) is 61.3 Å². The first kappa shape index (κ1) is 19.2. The van der Waals surface area contributed by atoms with Gasteiger partial charge in [0, 0.05) is 37.4 Å². The number of likely N-dealkylation sites (N-methyl/N-ethyl adjacent to an activating group) is 1. The number of halogens is 1. The van der Waals surface area contributed by atoms with Crippen molar-refractivity contribution in [1.82, 2.24) is 9.80 Å². The topological polar surface area (TPSA) is 52.6 Å². The highest BCUT2D eigenvalue weighted by atomic mass is 19.1. The van der Waals surface area contributed by atoms with Gasteiger partial charge < -0.3 is 10.2 Å². The average Bonchev–Trinajstić information content (AvgIpc) is 2.66. The number of Topliss-reactive ketones (excluding diaryl/α,β-unsaturated/α-hetero) is 1. The minimum absolute atomic E-state index is 0.0868. The number of ketones is 1. The first-order valence-electron chi connectivity index (χ1n) is 9.08. The zero-order valence-corrected chi connectivity index (χ0v) is 15.5. The Balaban J connectivity index is 1.51. The van der Waals surface area contributed by atoms with E-state index in [1.165, 1.54) is 12.1 Å². The molecule has 1 N–H and O–H groups in total. The number of hydrogen-bond donors (Lipinski definition) is 1. The van der Waals surface area contributed by atoms with Crippen LogP contribution in [0.5, 0.6) is 0 Å². The van der Waals surface area contributed by atoms with Gasteiger partial charge in [-0.1, -0.05) is 12.1 Å². The predicted octanol–water partition coefficient (Wildman–Crippen LogP) is 2.44. The summed E-state index contributed by atoms with van der Waals surface area (Å²) in [6.45, 7) is 4.18. The maximum atomic E-state index is 12.9. The summed E-state index contributed by atoms with van der Waals surface area (Å²) < 4.78 is 12.9. The summed E-state index contributed by atoms with van der Waals surface area (Å²) in [4.78, 5) is 28.9. The number of piperazine rings is 1. The summed E-state index contributed by atoms with van der Waals surface area (Å²) in [7, 11) is 2.09. The van der Waals surface area contributed by atoms with E-state index < -0.39 is 0 Å². The monoisotopic (exact) mass is 369 g/mol. The minimum atomic E-state index is -0.323. The van der Waals surface area contributed by atoms with Crippen LogP contribution in [0, 0.1) is 5.82 Å². The van der Waals surface area contributed by atoms with E-state index in [4.69, 9.17) is 0 Å². The zero-order valence-electron chi connectivity index (χ0n) is 15.5. The van der Waals surface area contributed by atoms with Gasteiger partial charge in [0.15, 0.2) is 5.78 Å². The van der Waals surface area contributed by atoms with Crippen molar-refractivity contribution < 1.29 is 14.0 Å².